The molecule has 1 amide bonds. The van der Waals surface area contributed by atoms with Gasteiger partial charge in [-0.1, -0.05) is 6.07 Å². The Morgan fingerprint density at radius 3 is 2.84 bits per heavy atom. The number of amides is 1. The molecule has 1 aliphatic heterocycles. The van der Waals surface area contributed by atoms with Crippen LogP contribution in [0.1, 0.15) is 15.9 Å². The molecule has 0 spiro atoms. The molecular weight excluding hydrogens is 269 g/mol. The van der Waals surface area contributed by atoms with Crippen molar-refractivity contribution < 1.29 is 19.1 Å². The lowest BCUT2D eigenvalue weighted by atomic mass is 10.1. The first-order valence-corrected chi connectivity index (χ1v) is 7.04. The van der Waals surface area contributed by atoms with Gasteiger partial charge in [0.2, 0.25) is 0 Å². The fourth-order valence-corrected chi connectivity index (χ4v) is 2.98. The van der Waals surface area contributed by atoms with E-state index in [1.165, 1.54) is 34.9 Å². The maximum atomic E-state index is 13.5. The van der Waals surface area contributed by atoms with Crippen molar-refractivity contribution in [3.8, 4) is 0 Å². The Morgan fingerprint density at radius 2 is 2.21 bits per heavy atom. The topological polar surface area (TPSA) is 57.6 Å². The third-order valence-corrected chi connectivity index (χ3v) is 4.12. The van der Waals surface area contributed by atoms with Crippen LogP contribution in [0.2, 0.25) is 0 Å². The number of nitrogens with zero attached hydrogens (tertiary/aromatic N) is 1. The van der Waals surface area contributed by atoms with Crippen LogP contribution in [0.5, 0.6) is 0 Å². The molecule has 6 heteroatoms. The molecule has 0 bridgehead atoms. The van der Waals surface area contributed by atoms with E-state index in [-0.39, 0.29) is 5.56 Å². The molecule has 1 heterocycles. The second-order valence-corrected chi connectivity index (χ2v) is 5.54. The molecule has 1 unspecified atom stereocenters. The van der Waals surface area contributed by atoms with Crippen LogP contribution in [0.4, 0.5) is 4.39 Å². The summed E-state index contributed by atoms with van der Waals surface area (Å²) >= 11 is 1.50. The summed E-state index contributed by atoms with van der Waals surface area (Å²) in [5.41, 5.74) is 0.654. The highest BCUT2D eigenvalue weighted by Gasteiger charge is 2.32. The number of carbonyl (C=O) groups excluding carboxylic acids is 1. The number of carboxylic acids is 1. The van der Waals surface area contributed by atoms with Crippen LogP contribution in [0.3, 0.4) is 0 Å². The Morgan fingerprint density at radius 1 is 1.47 bits per heavy atom. The summed E-state index contributed by atoms with van der Waals surface area (Å²) < 4.78 is 13.5. The average Bonchev–Trinajstić information content (AvgIpc) is 2.41. The number of hydrogen-bond acceptors (Lipinski definition) is 3. The normalized spacial score (nSPS) is 19.3. The molecule has 4 nitrogen and oxygen atoms in total. The molecule has 19 heavy (non-hydrogen) atoms. The van der Waals surface area contributed by atoms with Crippen LogP contribution >= 0.6 is 11.8 Å². The van der Waals surface area contributed by atoms with Crippen LogP contribution in [-0.2, 0) is 4.79 Å². The Hall–Kier alpha value is -1.56. The summed E-state index contributed by atoms with van der Waals surface area (Å²) in [6, 6.07) is 3.38. The summed E-state index contributed by atoms with van der Waals surface area (Å²) in [5.74, 6) is -0.830. The zero-order valence-electron chi connectivity index (χ0n) is 10.4. The number of halogens is 1. The van der Waals surface area contributed by atoms with Gasteiger partial charge in [-0.2, -0.15) is 11.8 Å². The first kappa shape index (κ1) is 13.9. The summed E-state index contributed by atoms with van der Waals surface area (Å²) in [6.45, 7) is 1.98. The van der Waals surface area contributed by atoms with Gasteiger partial charge in [0.25, 0.3) is 5.91 Å². The SMILES string of the molecule is Cc1ccc(C(=O)N2CCSCC2C(=O)O)cc1F. The van der Waals surface area contributed by atoms with Gasteiger partial charge >= 0.3 is 5.97 Å². The van der Waals surface area contributed by atoms with Crippen LogP contribution in [-0.4, -0.2) is 46.0 Å². The van der Waals surface area contributed by atoms with Gasteiger partial charge in [0.05, 0.1) is 0 Å². The quantitative estimate of drug-likeness (QED) is 0.899. The molecule has 1 saturated heterocycles. The second kappa shape index (κ2) is 5.61. The third kappa shape index (κ3) is 2.89. The smallest absolute Gasteiger partial charge is 0.327 e. The van der Waals surface area contributed by atoms with Crippen LogP contribution < -0.4 is 0 Å². The second-order valence-electron chi connectivity index (χ2n) is 4.39. The molecule has 1 atom stereocenters. The lowest BCUT2D eigenvalue weighted by Crippen LogP contribution is -2.50. The van der Waals surface area contributed by atoms with Crippen molar-refractivity contribution in [2.45, 2.75) is 13.0 Å². The number of benzene rings is 1. The molecule has 1 fully saturated rings. The van der Waals surface area contributed by atoms with Gasteiger partial charge < -0.3 is 10.0 Å². The van der Waals surface area contributed by atoms with E-state index in [0.29, 0.717) is 23.6 Å². The minimum atomic E-state index is -1.02. The van der Waals surface area contributed by atoms with Gasteiger partial charge in [-0.3, -0.25) is 4.79 Å². The van der Waals surface area contributed by atoms with E-state index in [1.807, 2.05) is 0 Å². The van der Waals surface area contributed by atoms with Crippen LogP contribution in [0, 0.1) is 12.7 Å². The maximum Gasteiger partial charge on any atom is 0.327 e. The monoisotopic (exact) mass is 283 g/mol. The minimum Gasteiger partial charge on any atom is -0.480 e. The van der Waals surface area contributed by atoms with Crippen molar-refractivity contribution in [3.05, 3.63) is 35.1 Å². The van der Waals surface area contributed by atoms with E-state index in [4.69, 9.17) is 5.11 Å². The van der Waals surface area contributed by atoms with Crippen molar-refractivity contribution in [2.24, 2.45) is 0 Å². The Balaban J connectivity index is 2.26. The summed E-state index contributed by atoms with van der Waals surface area (Å²) in [4.78, 5) is 24.7. The number of aryl methyl sites for hydroxylation is 1. The number of carboxylic acid groups (broad SMARTS) is 1. The van der Waals surface area contributed by atoms with E-state index in [2.05, 4.69) is 0 Å². The van der Waals surface area contributed by atoms with Crippen molar-refractivity contribution in [1.82, 2.24) is 4.90 Å². The predicted molar refractivity (Wildman–Crippen MR) is 70.9 cm³/mol. The highest BCUT2D eigenvalue weighted by Crippen LogP contribution is 2.20. The Labute approximate surface area is 114 Å². The zero-order chi connectivity index (χ0) is 14.0. The standard InChI is InChI=1S/C13H14FNO3S/c1-8-2-3-9(6-10(8)14)12(16)15-4-5-19-7-11(15)13(17)18/h2-3,6,11H,4-5,7H2,1H3,(H,17,18). The van der Waals surface area contributed by atoms with Gasteiger partial charge in [-0.05, 0) is 24.6 Å². The maximum absolute atomic E-state index is 13.5. The molecule has 1 aromatic carbocycles. The van der Waals surface area contributed by atoms with Crippen molar-refractivity contribution in [2.75, 3.05) is 18.1 Å². The molecule has 102 valence electrons. The molecule has 0 aliphatic carbocycles. The van der Waals surface area contributed by atoms with Crippen molar-refractivity contribution in [3.63, 3.8) is 0 Å². The van der Waals surface area contributed by atoms with Gasteiger partial charge in [0.1, 0.15) is 11.9 Å². The van der Waals surface area contributed by atoms with Gasteiger partial charge in [0.15, 0.2) is 0 Å². The number of rotatable bonds is 2. The number of hydrogen-bond donors (Lipinski definition) is 1. The predicted octanol–water partition coefficient (Wildman–Crippen LogP) is 1.78. The lowest BCUT2D eigenvalue weighted by molar-refractivity contribution is -0.141. The fourth-order valence-electron chi connectivity index (χ4n) is 1.94. The minimum absolute atomic E-state index is 0.196. The zero-order valence-corrected chi connectivity index (χ0v) is 11.2. The van der Waals surface area contributed by atoms with E-state index in [9.17, 15) is 14.0 Å². The Kier molecular flexibility index (Phi) is 4.09. The van der Waals surface area contributed by atoms with Crippen molar-refractivity contribution in [1.29, 1.82) is 0 Å². The summed E-state index contributed by atoms with van der Waals surface area (Å²) in [6.07, 6.45) is 0. The van der Waals surface area contributed by atoms with Crippen molar-refractivity contribution >= 4 is 23.6 Å². The first-order chi connectivity index (χ1) is 9.00. The van der Waals surface area contributed by atoms with E-state index in [0.717, 1.165) is 0 Å². The molecule has 1 aliphatic rings. The average molecular weight is 283 g/mol. The molecule has 1 N–H and O–H groups in total. The first-order valence-electron chi connectivity index (χ1n) is 5.88. The van der Waals surface area contributed by atoms with E-state index >= 15 is 0 Å². The lowest BCUT2D eigenvalue weighted by Gasteiger charge is -2.32. The largest absolute Gasteiger partial charge is 0.480 e. The molecule has 0 saturated carbocycles. The van der Waals surface area contributed by atoms with E-state index in [1.54, 1.807) is 6.92 Å². The van der Waals surface area contributed by atoms with Crippen LogP contribution in [0.25, 0.3) is 0 Å². The van der Waals surface area contributed by atoms with Gasteiger partial charge in [-0.25, -0.2) is 9.18 Å². The highest BCUT2D eigenvalue weighted by atomic mass is 32.2. The molecule has 0 aromatic heterocycles. The highest BCUT2D eigenvalue weighted by molar-refractivity contribution is 7.99. The fraction of sp³-hybridized carbons (Fsp3) is 0.385. The third-order valence-electron chi connectivity index (χ3n) is 3.09. The molecule has 2 rings (SSSR count). The molecule has 0 radical (unpaired) electrons. The van der Waals surface area contributed by atoms with E-state index < -0.39 is 23.7 Å². The van der Waals surface area contributed by atoms with Gasteiger partial charge in [-0.15, -0.1) is 0 Å². The summed E-state index contributed by atoms with van der Waals surface area (Å²) in [5, 5.41) is 9.12. The summed E-state index contributed by atoms with van der Waals surface area (Å²) in [7, 11) is 0. The Bertz CT molecular complexity index is 521. The number of thioether (sulfide) groups is 1. The molecule has 1 aromatic rings. The van der Waals surface area contributed by atoms with Gasteiger partial charge in [0, 0.05) is 23.6 Å². The molecular formula is C13H14FNO3S. The number of carbonyl (C=O) groups is 2. The van der Waals surface area contributed by atoms with Crippen LogP contribution in [0.15, 0.2) is 18.2 Å². The number of aliphatic carboxylic acids is 1.